The van der Waals surface area contributed by atoms with E-state index in [0.717, 1.165) is 11.1 Å². The third kappa shape index (κ3) is 6.49. The van der Waals surface area contributed by atoms with Crippen molar-refractivity contribution in [3.05, 3.63) is 71.8 Å². The molecule has 0 radical (unpaired) electrons. The van der Waals surface area contributed by atoms with Crippen LogP contribution in [0.25, 0.3) is 0 Å². The molecule has 4 amide bonds. The predicted octanol–water partition coefficient (Wildman–Crippen LogP) is 4.83. The van der Waals surface area contributed by atoms with E-state index in [1.54, 1.807) is 0 Å². The lowest BCUT2D eigenvalue weighted by Gasteiger charge is -2.57. The molecular weight excluding hydrogens is 613 g/mol. The fourth-order valence-corrected chi connectivity index (χ4v) is 8.53. The number of fused-ring (bicyclic) bond motifs is 3. The molecule has 5 aliphatic rings. The summed E-state index contributed by atoms with van der Waals surface area (Å²) in [5.41, 5.74) is 0.0983. The molecule has 0 aromatic heterocycles. The lowest BCUT2D eigenvalue weighted by atomic mass is 9.56. The monoisotopic (exact) mass is 657 g/mol. The number of alkyl halides is 1. The second-order valence-electron chi connectivity index (χ2n) is 14.1. The van der Waals surface area contributed by atoms with E-state index >= 15 is 0 Å². The molecule has 2 saturated heterocycles. The van der Waals surface area contributed by atoms with E-state index in [4.69, 9.17) is 4.74 Å². The van der Waals surface area contributed by atoms with Crippen molar-refractivity contribution < 1.29 is 28.3 Å². The van der Waals surface area contributed by atoms with Crippen LogP contribution >= 0.6 is 0 Å². The number of likely N-dealkylation sites (tertiary alicyclic amines) is 2. The van der Waals surface area contributed by atoms with Gasteiger partial charge in [-0.2, -0.15) is 5.26 Å². The number of nitrogens with one attached hydrogen (secondary N) is 1. The Balaban J connectivity index is 1.15. The summed E-state index contributed by atoms with van der Waals surface area (Å²) in [6, 6.07) is 20.4. The molecule has 11 heteroatoms. The molecule has 254 valence electrons. The van der Waals surface area contributed by atoms with Crippen LogP contribution in [0.5, 0.6) is 0 Å². The number of amides is 4. The first-order valence-electron chi connectivity index (χ1n) is 17.0. The Labute approximate surface area is 281 Å². The van der Waals surface area contributed by atoms with Crippen LogP contribution in [0.2, 0.25) is 0 Å². The molecule has 7 rings (SSSR count). The standard InChI is InChI=1S/C37H44FN5O5/c1-27(44)40-37(29-10-6-3-7-11-29)18-20-41(21-19-37)33(46)35-12-15-36(16-13-35,17-14-35)43(34(47)48-26-28-8-4-2-5-9-28)25-32(45)42-24-30(38)22-31(42)23-39/h2-11,30-31H,12-22,24-26H2,1H3,(H,40,44)/t30-,31-,35?,36?/m0/s1. The van der Waals surface area contributed by atoms with Crippen LogP contribution in [0.15, 0.2) is 60.7 Å². The SMILES string of the molecule is CC(=O)NC1(c2ccccc2)CCN(C(=O)C23CCC(N(CC(=O)N4C[C@@H](F)C[C@H]4C#N)C(=O)OCc4ccccc4)(CC2)CC3)CC1. The Kier molecular flexibility index (Phi) is 9.46. The number of nitrogens with zero attached hydrogens (tertiary/aromatic N) is 4. The highest BCUT2D eigenvalue weighted by Gasteiger charge is 2.57. The smallest absolute Gasteiger partial charge is 0.411 e. The van der Waals surface area contributed by atoms with Gasteiger partial charge in [0.05, 0.1) is 18.2 Å². The van der Waals surface area contributed by atoms with Gasteiger partial charge in [-0.1, -0.05) is 60.7 Å². The summed E-state index contributed by atoms with van der Waals surface area (Å²) in [5.74, 6) is -0.450. The molecule has 1 N–H and O–H groups in total. The maximum absolute atomic E-state index is 14.2. The van der Waals surface area contributed by atoms with Crippen LogP contribution in [0, 0.1) is 16.7 Å². The van der Waals surface area contributed by atoms with Crippen LogP contribution in [-0.4, -0.2) is 82.4 Å². The summed E-state index contributed by atoms with van der Waals surface area (Å²) in [4.78, 5) is 58.4. The van der Waals surface area contributed by atoms with Gasteiger partial charge >= 0.3 is 6.09 Å². The second-order valence-corrected chi connectivity index (χ2v) is 14.1. The van der Waals surface area contributed by atoms with E-state index in [0.29, 0.717) is 64.5 Å². The molecule has 2 aliphatic heterocycles. The van der Waals surface area contributed by atoms with Crippen molar-refractivity contribution in [1.29, 1.82) is 5.26 Å². The van der Waals surface area contributed by atoms with Gasteiger partial charge < -0.3 is 19.9 Å². The minimum absolute atomic E-state index is 0.0374. The minimum atomic E-state index is -1.28. The number of halogens is 1. The van der Waals surface area contributed by atoms with Gasteiger partial charge in [0.1, 0.15) is 25.4 Å². The van der Waals surface area contributed by atoms with Crippen molar-refractivity contribution in [3.8, 4) is 6.07 Å². The Hall–Kier alpha value is -4.46. The van der Waals surface area contributed by atoms with E-state index in [2.05, 4.69) is 5.32 Å². The Morgan fingerprint density at radius 2 is 1.54 bits per heavy atom. The van der Waals surface area contributed by atoms with Crippen LogP contribution in [0.4, 0.5) is 9.18 Å². The third-order valence-electron chi connectivity index (χ3n) is 11.3. The number of rotatable bonds is 8. The van der Waals surface area contributed by atoms with Gasteiger partial charge in [0.2, 0.25) is 17.7 Å². The van der Waals surface area contributed by atoms with Gasteiger partial charge in [-0.15, -0.1) is 0 Å². The van der Waals surface area contributed by atoms with E-state index in [1.807, 2.05) is 71.6 Å². The van der Waals surface area contributed by atoms with Gasteiger partial charge in [0.15, 0.2) is 0 Å². The number of benzene rings is 2. The molecule has 2 aromatic carbocycles. The fourth-order valence-electron chi connectivity index (χ4n) is 8.53. The zero-order valence-electron chi connectivity index (χ0n) is 27.5. The normalized spacial score (nSPS) is 27.5. The van der Waals surface area contributed by atoms with Gasteiger partial charge in [-0.05, 0) is 62.5 Å². The molecule has 48 heavy (non-hydrogen) atoms. The number of nitriles is 1. The zero-order chi connectivity index (χ0) is 33.9. The second kappa shape index (κ2) is 13.6. The van der Waals surface area contributed by atoms with Crippen molar-refractivity contribution in [1.82, 2.24) is 20.0 Å². The van der Waals surface area contributed by atoms with E-state index in [9.17, 15) is 28.8 Å². The molecule has 5 fully saturated rings. The first kappa shape index (κ1) is 33.4. The Morgan fingerprint density at radius 1 is 0.938 bits per heavy atom. The van der Waals surface area contributed by atoms with Crippen molar-refractivity contribution in [2.75, 3.05) is 26.2 Å². The topological polar surface area (TPSA) is 123 Å². The lowest BCUT2D eigenvalue weighted by Crippen LogP contribution is -2.64. The van der Waals surface area contributed by atoms with Gasteiger partial charge in [0.25, 0.3) is 0 Å². The average molecular weight is 658 g/mol. The van der Waals surface area contributed by atoms with Crippen molar-refractivity contribution >= 4 is 23.8 Å². The van der Waals surface area contributed by atoms with Gasteiger partial charge in [0, 0.05) is 37.4 Å². The van der Waals surface area contributed by atoms with Crippen LogP contribution in [0.1, 0.15) is 75.8 Å². The number of ether oxygens (including phenoxy) is 1. The molecule has 2 bridgehead atoms. The number of hydrogen-bond acceptors (Lipinski definition) is 6. The number of piperidine rings is 1. The van der Waals surface area contributed by atoms with Crippen molar-refractivity contribution in [2.45, 2.75) is 94.6 Å². The third-order valence-corrected chi connectivity index (χ3v) is 11.3. The number of hydrogen-bond donors (Lipinski definition) is 1. The molecule has 2 heterocycles. The van der Waals surface area contributed by atoms with Crippen LogP contribution in [0.3, 0.4) is 0 Å². The Bertz CT molecular complexity index is 1530. The first-order valence-corrected chi connectivity index (χ1v) is 17.0. The summed E-state index contributed by atoms with van der Waals surface area (Å²) < 4.78 is 20.0. The summed E-state index contributed by atoms with van der Waals surface area (Å²) >= 11 is 0. The number of carbonyl (C=O) groups excluding carboxylic acids is 4. The largest absolute Gasteiger partial charge is 0.445 e. The van der Waals surface area contributed by atoms with E-state index in [-0.39, 0.29) is 37.9 Å². The molecule has 10 nitrogen and oxygen atoms in total. The minimum Gasteiger partial charge on any atom is -0.445 e. The maximum atomic E-state index is 14.2. The highest BCUT2D eigenvalue weighted by molar-refractivity contribution is 5.85. The zero-order valence-corrected chi connectivity index (χ0v) is 27.5. The van der Waals surface area contributed by atoms with E-state index < -0.39 is 40.7 Å². The fraction of sp³-hybridized carbons (Fsp3) is 0.541. The summed E-state index contributed by atoms with van der Waals surface area (Å²) in [6.07, 6.45) is 2.62. The molecule has 3 aliphatic carbocycles. The highest BCUT2D eigenvalue weighted by atomic mass is 19.1. The quantitative estimate of drug-likeness (QED) is 0.434. The van der Waals surface area contributed by atoms with Gasteiger partial charge in [-0.25, -0.2) is 9.18 Å². The molecule has 2 aromatic rings. The summed E-state index contributed by atoms with van der Waals surface area (Å²) in [7, 11) is 0. The molecule has 2 atom stereocenters. The summed E-state index contributed by atoms with van der Waals surface area (Å²) in [5, 5.41) is 12.7. The molecule has 0 spiro atoms. The molecular formula is C37H44FN5O5. The summed E-state index contributed by atoms with van der Waals surface area (Å²) in [6.45, 7) is 2.14. The predicted molar refractivity (Wildman–Crippen MR) is 175 cm³/mol. The van der Waals surface area contributed by atoms with E-state index in [1.165, 1.54) is 16.7 Å². The molecule has 0 unspecified atom stereocenters. The van der Waals surface area contributed by atoms with Gasteiger partial charge in [-0.3, -0.25) is 19.3 Å². The number of carbonyl (C=O) groups is 4. The van der Waals surface area contributed by atoms with Crippen molar-refractivity contribution in [2.24, 2.45) is 5.41 Å². The Morgan fingerprint density at radius 3 is 2.12 bits per heavy atom. The molecule has 3 saturated carbocycles. The first-order chi connectivity index (χ1) is 23.1. The average Bonchev–Trinajstić information content (AvgIpc) is 3.51. The lowest BCUT2D eigenvalue weighted by molar-refractivity contribution is -0.156. The van der Waals surface area contributed by atoms with Crippen molar-refractivity contribution in [3.63, 3.8) is 0 Å². The van der Waals surface area contributed by atoms with Crippen LogP contribution in [-0.2, 0) is 31.3 Å². The van der Waals surface area contributed by atoms with Crippen LogP contribution < -0.4 is 5.32 Å². The maximum Gasteiger partial charge on any atom is 0.411 e. The highest BCUT2D eigenvalue weighted by Crippen LogP contribution is 2.56.